The summed E-state index contributed by atoms with van der Waals surface area (Å²) in [7, 11) is -7.49. The average Bonchev–Trinajstić information content (AvgIpc) is 2.63. The lowest BCUT2D eigenvalue weighted by Gasteiger charge is -2.51. The number of hydrogen-bond acceptors (Lipinski definition) is 6. The number of ether oxygens (including phenoxy) is 1. The predicted octanol–water partition coefficient (Wildman–Crippen LogP) is 7.32. The quantitative estimate of drug-likeness (QED) is 0.258. The Kier molecular flexibility index (Phi) is 10.7. The minimum Gasteiger partial charge on any atom is -0.415 e. The maximum atomic E-state index is 6.94. The van der Waals surface area contributed by atoms with Crippen molar-refractivity contribution in [2.75, 3.05) is 6.61 Å². The Morgan fingerprint density at radius 3 is 1.57 bits per heavy atom. The molecule has 0 aliphatic carbocycles. The van der Waals surface area contributed by atoms with Crippen molar-refractivity contribution in [3.8, 4) is 0 Å². The zero-order valence-electron chi connectivity index (χ0n) is 24.4. The standard InChI is InChI=1S/C25H50O5SSi4/c1-19-14-16-20(17-15-19)31-25-24(30-35(11,12)13)23(29-34(8,9)10)22(28-33(5,6)7)21(27-25)18-26-32(2,3)4/h14-17,21-25H,18H2,1-13H3/t21-,22+,23+,24-,25+/m1/s1. The average molecular weight is 575 g/mol. The van der Waals surface area contributed by atoms with E-state index in [0.717, 1.165) is 0 Å². The summed E-state index contributed by atoms with van der Waals surface area (Å²) < 4.78 is 33.9. The van der Waals surface area contributed by atoms with E-state index in [1.807, 2.05) is 0 Å². The normalized spacial score (nSPS) is 26.7. The Morgan fingerprint density at radius 2 is 1.11 bits per heavy atom. The van der Waals surface area contributed by atoms with Crippen LogP contribution in [0.2, 0.25) is 78.6 Å². The van der Waals surface area contributed by atoms with Crippen molar-refractivity contribution in [2.24, 2.45) is 0 Å². The maximum Gasteiger partial charge on any atom is 0.184 e. The van der Waals surface area contributed by atoms with E-state index in [1.54, 1.807) is 11.8 Å². The smallest absolute Gasteiger partial charge is 0.184 e. The summed E-state index contributed by atoms with van der Waals surface area (Å²) in [4.78, 5) is 1.17. The lowest BCUT2D eigenvalue weighted by Crippen LogP contribution is -2.65. The van der Waals surface area contributed by atoms with E-state index >= 15 is 0 Å². The molecule has 0 amide bonds. The third-order valence-corrected chi connectivity index (χ3v) is 10.1. The fraction of sp³-hybridized carbons (Fsp3) is 0.760. The summed E-state index contributed by atoms with van der Waals surface area (Å²) in [5.74, 6) is 0. The van der Waals surface area contributed by atoms with Gasteiger partial charge in [-0.05, 0) is 97.6 Å². The summed E-state index contributed by atoms with van der Waals surface area (Å²) in [6, 6.07) is 8.64. The second-order valence-corrected chi connectivity index (χ2v) is 32.5. The molecule has 35 heavy (non-hydrogen) atoms. The van der Waals surface area contributed by atoms with Crippen molar-refractivity contribution in [3.63, 3.8) is 0 Å². The van der Waals surface area contributed by atoms with Gasteiger partial charge in [-0.25, -0.2) is 0 Å². The van der Waals surface area contributed by atoms with Crippen molar-refractivity contribution < 1.29 is 22.4 Å². The fourth-order valence-electron chi connectivity index (χ4n) is 3.82. The molecule has 1 fully saturated rings. The number of hydrogen-bond donors (Lipinski definition) is 0. The SMILES string of the molecule is Cc1ccc(S[C@@H]2O[C@H](CO[Si](C)(C)C)[C@H](O[Si](C)(C)C)[C@H](O[Si](C)(C)C)[C@H]2O[Si](C)(C)C)cc1. The minimum absolute atomic E-state index is 0.202. The van der Waals surface area contributed by atoms with Gasteiger partial charge in [0.15, 0.2) is 33.3 Å². The van der Waals surface area contributed by atoms with Crippen molar-refractivity contribution in [1.29, 1.82) is 0 Å². The van der Waals surface area contributed by atoms with Gasteiger partial charge in [0.2, 0.25) is 0 Å². The van der Waals surface area contributed by atoms with Crippen LogP contribution in [0.5, 0.6) is 0 Å². The summed E-state index contributed by atoms with van der Waals surface area (Å²) in [5, 5.41) is 0. The van der Waals surface area contributed by atoms with Crippen LogP contribution in [-0.2, 0) is 22.4 Å². The Balaban J connectivity index is 2.54. The first-order valence-electron chi connectivity index (χ1n) is 12.8. The highest BCUT2D eigenvalue weighted by Crippen LogP contribution is 2.40. The van der Waals surface area contributed by atoms with Gasteiger partial charge < -0.3 is 22.4 Å². The molecular formula is C25H50O5SSi4. The van der Waals surface area contributed by atoms with Gasteiger partial charge in [0.1, 0.15) is 29.9 Å². The molecule has 1 aliphatic heterocycles. The zero-order valence-corrected chi connectivity index (χ0v) is 29.2. The summed E-state index contributed by atoms with van der Waals surface area (Å²) in [5.41, 5.74) is 1.04. The lowest BCUT2D eigenvalue weighted by molar-refractivity contribution is -0.189. The van der Waals surface area contributed by atoms with Gasteiger partial charge in [-0.1, -0.05) is 29.5 Å². The molecule has 5 atom stereocenters. The van der Waals surface area contributed by atoms with Gasteiger partial charge in [0.05, 0.1) is 6.61 Å². The van der Waals surface area contributed by atoms with E-state index in [-0.39, 0.29) is 29.9 Å². The minimum atomic E-state index is -1.92. The summed E-state index contributed by atoms with van der Waals surface area (Å²) >= 11 is 1.73. The molecule has 202 valence electrons. The second kappa shape index (κ2) is 12.0. The van der Waals surface area contributed by atoms with Gasteiger partial charge >= 0.3 is 0 Å². The van der Waals surface area contributed by atoms with Crippen LogP contribution in [0.1, 0.15) is 5.56 Å². The van der Waals surface area contributed by atoms with Crippen molar-refractivity contribution >= 4 is 45.0 Å². The third-order valence-electron chi connectivity index (χ3n) is 5.01. The first-order chi connectivity index (χ1) is 15.7. The molecule has 0 bridgehead atoms. The zero-order chi connectivity index (χ0) is 26.8. The van der Waals surface area contributed by atoms with Crippen molar-refractivity contribution in [3.05, 3.63) is 29.8 Å². The highest BCUT2D eigenvalue weighted by Gasteiger charge is 2.51. The van der Waals surface area contributed by atoms with Crippen LogP contribution < -0.4 is 0 Å². The molecule has 5 nitrogen and oxygen atoms in total. The molecule has 0 spiro atoms. The maximum absolute atomic E-state index is 6.94. The van der Waals surface area contributed by atoms with E-state index in [0.29, 0.717) is 6.61 Å². The van der Waals surface area contributed by atoms with Gasteiger partial charge in [-0.15, -0.1) is 0 Å². The van der Waals surface area contributed by atoms with Gasteiger partial charge in [0, 0.05) is 4.90 Å². The second-order valence-electron chi connectivity index (χ2n) is 13.5. The molecule has 0 aromatic heterocycles. The fourth-order valence-corrected chi connectivity index (χ4v) is 8.95. The first-order valence-corrected chi connectivity index (χ1v) is 27.3. The Labute approximate surface area is 223 Å². The van der Waals surface area contributed by atoms with E-state index in [1.165, 1.54) is 10.5 Å². The Bertz CT molecular complexity index is 797. The van der Waals surface area contributed by atoms with Crippen LogP contribution in [0.3, 0.4) is 0 Å². The first kappa shape index (κ1) is 31.5. The molecule has 1 aliphatic rings. The van der Waals surface area contributed by atoms with Crippen LogP contribution in [0, 0.1) is 6.92 Å². The van der Waals surface area contributed by atoms with E-state index in [9.17, 15) is 0 Å². The molecule has 1 aromatic rings. The van der Waals surface area contributed by atoms with E-state index < -0.39 is 33.3 Å². The van der Waals surface area contributed by atoms with Crippen LogP contribution in [0.15, 0.2) is 29.2 Å². The van der Waals surface area contributed by atoms with Gasteiger partial charge in [-0.2, -0.15) is 0 Å². The van der Waals surface area contributed by atoms with Crippen molar-refractivity contribution in [1.82, 2.24) is 0 Å². The Morgan fingerprint density at radius 1 is 0.657 bits per heavy atom. The number of aryl methyl sites for hydroxylation is 1. The van der Waals surface area contributed by atoms with E-state index in [4.69, 9.17) is 22.4 Å². The number of thioether (sulfide) groups is 1. The molecule has 0 N–H and O–H groups in total. The molecule has 0 unspecified atom stereocenters. The molecule has 1 saturated heterocycles. The molecule has 1 aromatic carbocycles. The molecule has 1 heterocycles. The van der Waals surface area contributed by atoms with Crippen molar-refractivity contribution in [2.45, 2.75) is 120 Å². The highest BCUT2D eigenvalue weighted by atomic mass is 32.2. The molecule has 2 rings (SSSR count). The monoisotopic (exact) mass is 574 g/mol. The highest BCUT2D eigenvalue weighted by molar-refractivity contribution is 7.99. The largest absolute Gasteiger partial charge is 0.415 e. The third kappa shape index (κ3) is 11.7. The molecule has 0 saturated carbocycles. The molecule has 0 radical (unpaired) electrons. The number of rotatable bonds is 11. The predicted molar refractivity (Wildman–Crippen MR) is 160 cm³/mol. The molecule has 10 heteroatoms. The van der Waals surface area contributed by atoms with Gasteiger partial charge in [-0.3, -0.25) is 0 Å². The summed E-state index contributed by atoms with van der Waals surface area (Å²) in [6.07, 6.45) is -0.851. The van der Waals surface area contributed by atoms with Crippen LogP contribution in [-0.4, -0.2) is 69.7 Å². The van der Waals surface area contributed by atoms with Crippen LogP contribution in [0.25, 0.3) is 0 Å². The molecular weight excluding hydrogens is 525 g/mol. The van der Waals surface area contributed by atoms with E-state index in [2.05, 4.69) is 110 Å². The topological polar surface area (TPSA) is 46.2 Å². The van der Waals surface area contributed by atoms with Crippen LogP contribution in [0.4, 0.5) is 0 Å². The lowest BCUT2D eigenvalue weighted by atomic mass is 10.0. The van der Waals surface area contributed by atoms with Gasteiger partial charge in [0.25, 0.3) is 0 Å². The summed E-state index contributed by atoms with van der Waals surface area (Å²) in [6.45, 7) is 29.4. The number of benzene rings is 1. The van der Waals surface area contributed by atoms with Crippen LogP contribution >= 0.6 is 11.8 Å². The Hall–Kier alpha value is 0.238.